The first-order valence-electron chi connectivity index (χ1n) is 5.56. The zero-order valence-corrected chi connectivity index (χ0v) is 10.4. The summed E-state index contributed by atoms with van der Waals surface area (Å²) >= 11 is 0. The van der Waals surface area contributed by atoms with E-state index in [1.54, 1.807) is 0 Å². The van der Waals surface area contributed by atoms with E-state index >= 15 is 0 Å². The zero-order chi connectivity index (χ0) is 11.6. The van der Waals surface area contributed by atoms with E-state index in [1.165, 1.54) is 11.3 Å². The smallest absolute Gasteiger partial charge is 0.0609 e. The van der Waals surface area contributed by atoms with Crippen molar-refractivity contribution < 1.29 is 5.11 Å². The summed E-state index contributed by atoms with van der Waals surface area (Å²) in [5, 5.41) is 14.0. The van der Waals surface area contributed by atoms with Crippen molar-refractivity contribution >= 4 is 0 Å². The lowest BCUT2D eigenvalue weighted by molar-refractivity contribution is 0.0647. The van der Waals surface area contributed by atoms with Gasteiger partial charge in [0.2, 0.25) is 0 Å². The number of hydrogen-bond acceptors (Lipinski definition) is 2. The molecule has 0 spiro atoms. The second-order valence-corrected chi connectivity index (χ2v) is 5.15. The molecule has 0 fully saturated rings. The lowest BCUT2D eigenvalue weighted by atomic mass is 10.0. The van der Waals surface area contributed by atoms with Gasteiger partial charge < -0.3 is 5.11 Å². The third kappa shape index (κ3) is 3.34. The highest BCUT2D eigenvalue weighted by Crippen LogP contribution is 2.20. The lowest BCUT2D eigenvalue weighted by Gasteiger charge is -2.18. The van der Waals surface area contributed by atoms with E-state index in [0.29, 0.717) is 5.92 Å². The van der Waals surface area contributed by atoms with Crippen molar-refractivity contribution in [1.29, 1.82) is 0 Å². The molecule has 3 nitrogen and oxygen atoms in total. The maximum Gasteiger partial charge on any atom is 0.0609 e. The van der Waals surface area contributed by atoms with Crippen molar-refractivity contribution in [1.82, 2.24) is 9.78 Å². The molecule has 15 heavy (non-hydrogen) atoms. The first-order chi connectivity index (χ1) is 6.81. The Morgan fingerprint density at radius 3 is 2.53 bits per heavy atom. The van der Waals surface area contributed by atoms with Crippen LogP contribution in [0.15, 0.2) is 6.20 Å². The molecule has 0 atom stereocenters. The van der Waals surface area contributed by atoms with Gasteiger partial charge in [-0.05, 0) is 38.7 Å². The first-order valence-corrected chi connectivity index (χ1v) is 5.56. The lowest BCUT2D eigenvalue weighted by Crippen LogP contribution is -2.22. The maximum absolute atomic E-state index is 9.67. The quantitative estimate of drug-likeness (QED) is 0.829. The zero-order valence-electron chi connectivity index (χ0n) is 10.4. The van der Waals surface area contributed by atoms with Crippen LogP contribution in [0.3, 0.4) is 0 Å². The molecule has 86 valence electrons. The van der Waals surface area contributed by atoms with Gasteiger partial charge in [0.1, 0.15) is 0 Å². The third-order valence-electron chi connectivity index (χ3n) is 2.56. The topological polar surface area (TPSA) is 38.0 Å². The summed E-state index contributed by atoms with van der Waals surface area (Å²) in [6.07, 6.45) is 2.63. The maximum atomic E-state index is 9.67. The summed E-state index contributed by atoms with van der Waals surface area (Å²) in [6.45, 7) is 10.9. The van der Waals surface area contributed by atoms with Gasteiger partial charge in [-0.25, -0.2) is 0 Å². The highest BCUT2D eigenvalue weighted by molar-refractivity contribution is 5.18. The second-order valence-electron chi connectivity index (χ2n) is 5.15. The molecule has 1 aromatic rings. The summed E-state index contributed by atoms with van der Waals surface area (Å²) < 4.78 is 2.01. The molecule has 0 unspecified atom stereocenters. The highest BCUT2D eigenvalue weighted by atomic mass is 16.3. The standard InChI is InChI=1S/C12H22N2O/c1-9(2)11-10(3)8-13-14(11)7-6-12(4,5)15/h8-9,15H,6-7H2,1-5H3. The molecule has 0 saturated heterocycles. The van der Waals surface area contributed by atoms with Gasteiger partial charge in [0.05, 0.1) is 11.8 Å². The molecular formula is C12H22N2O. The fraction of sp³-hybridized carbons (Fsp3) is 0.750. The molecule has 1 rings (SSSR count). The summed E-state index contributed by atoms with van der Waals surface area (Å²) in [4.78, 5) is 0. The van der Waals surface area contributed by atoms with Crippen molar-refractivity contribution in [3.05, 3.63) is 17.5 Å². The monoisotopic (exact) mass is 210 g/mol. The molecule has 0 amide bonds. The summed E-state index contributed by atoms with van der Waals surface area (Å²) in [7, 11) is 0. The summed E-state index contributed by atoms with van der Waals surface area (Å²) in [5.41, 5.74) is 1.90. The predicted octanol–water partition coefficient (Wildman–Crippen LogP) is 2.48. The first kappa shape index (κ1) is 12.2. The van der Waals surface area contributed by atoms with Crippen LogP contribution in [-0.4, -0.2) is 20.5 Å². The van der Waals surface area contributed by atoms with Crippen molar-refractivity contribution in [2.24, 2.45) is 0 Å². The van der Waals surface area contributed by atoms with Gasteiger partial charge in [0.15, 0.2) is 0 Å². The van der Waals surface area contributed by atoms with Crippen LogP contribution in [0.2, 0.25) is 0 Å². The van der Waals surface area contributed by atoms with Crippen LogP contribution in [0.1, 0.15) is 51.3 Å². The minimum absolute atomic E-state index is 0.481. The van der Waals surface area contributed by atoms with Gasteiger partial charge >= 0.3 is 0 Å². The molecule has 1 heterocycles. The van der Waals surface area contributed by atoms with E-state index in [-0.39, 0.29) is 0 Å². The molecule has 0 aliphatic rings. The van der Waals surface area contributed by atoms with Crippen molar-refractivity contribution in [3.8, 4) is 0 Å². The van der Waals surface area contributed by atoms with E-state index in [1.807, 2.05) is 24.7 Å². The van der Waals surface area contributed by atoms with Gasteiger partial charge in [-0.1, -0.05) is 13.8 Å². The van der Waals surface area contributed by atoms with Crippen LogP contribution in [-0.2, 0) is 6.54 Å². The van der Waals surface area contributed by atoms with Crippen LogP contribution in [0.4, 0.5) is 0 Å². The van der Waals surface area contributed by atoms with Gasteiger partial charge in [0.25, 0.3) is 0 Å². The second kappa shape index (κ2) is 4.35. The average molecular weight is 210 g/mol. The van der Waals surface area contributed by atoms with Gasteiger partial charge in [0, 0.05) is 12.2 Å². The van der Waals surface area contributed by atoms with Crippen LogP contribution >= 0.6 is 0 Å². The van der Waals surface area contributed by atoms with E-state index in [4.69, 9.17) is 0 Å². The minimum atomic E-state index is -0.617. The third-order valence-corrected chi connectivity index (χ3v) is 2.56. The molecule has 1 aromatic heterocycles. The number of rotatable bonds is 4. The van der Waals surface area contributed by atoms with Crippen LogP contribution in [0, 0.1) is 6.92 Å². The molecule has 3 heteroatoms. The molecular weight excluding hydrogens is 188 g/mol. The van der Waals surface area contributed by atoms with Crippen LogP contribution < -0.4 is 0 Å². The Labute approximate surface area is 92.1 Å². The Kier molecular flexibility index (Phi) is 3.55. The number of aryl methyl sites for hydroxylation is 2. The minimum Gasteiger partial charge on any atom is -0.390 e. The van der Waals surface area contributed by atoms with Crippen LogP contribution in [0.25, 0.3) is 0 Å². The van der Waals surface area contributed by atoms with E-state index in [0.717, 1.165) is 13.0 Å². The van der Waals surface area contributed by atoms with Gasteiger partial charge in [-0.2, -0.15) is 5.10 Å². The summed E-state index contributed by atoms with van der Waals surface area (Å²) in [5.74, 6) is 0.481. The largest absolute Gasteiger partial charge is 0.390 e. The molecule has 0 aromatic carbocycles. The fourth-order valence-corrected chi connectivity index (χ4v) is 1.80. The molecule has 0 saturated carbocycles. The predicted molar refractivity (Wildman–Crippen MR) is 62.0 cm³/mol. The van der Waals surface area contributed by atoms with Gasteiger partial charge in [-0.3, -0.25) is 4.68 Å². The molecule has 1 N–H and O–H groups in total. The fourth-order valence-electron chi connectivity index (χ4n) is 1.80. The van der Waals surface area contributed by atoms with Crippen molar-refractivity contribution in [2.45, 2.75) is 59.1 Å². The molecule has 0 bridgehead atoms. The van der Waals surface area contributed by atoms with Crippen LogP contribution in [0.5, 0.6) is 0 Å². The average Bonchev–Trinajstić information content (AvgIpc) is 2.42. The van der Waals surface area contributed by atoms with E-state index < -0.39 is 5.60 Å². The molecule has 0 radical (unpaired) electrons. The SMILES string of the molecule is Cc1cnn(CCC(C)(C)O)c1C(C)C. The number of nitrogens with zero attached hydrogens (tertiary/aromatic N) is 2. The molecule has 0 aliphatic carbocycles. The molecule has 0 aliphatic heterocycles. The van der Waals surface area contributed by atoms with E-state index in [2.05, 4.69) is 25.9 Å². The Morgan fingerprint density at radius 1 is 1.47 bits per heavy atom. The van der Waals surface area contributed by atoms with Crippen molar-refractivity contribution in [2.75, 3.05) is 0 Å². The Morgan fingerprint density at radius 2 is 2.07 bits per heavy atom. The summed E-state index contributed by atoms with van der Waals surface area (Å²) in [6, 6.07) is 0. The highest BCUT2D eigenvalue weighted by Gasteiger charge is 2.16. The Hall–Kier alpha value is -0.830. The Balaban J connectivity index is 2.78. The Bertz CT molecular complexity index is 321. The van der Waals surface area contributed by atoms with E-state index in [9.17, 15) is 5.11 Å². The van der Waals surface area contributed by atoms with Crippen molar-refractivity contribution in [3.63, 3.8) is 0 Å². The normalized spacial score (nSPS) is 12.5. The number of aromatic nitrogens is 2. The number of aliphatic hydroxyl groups is 1. The van der Waals surface area contributed by atoms with Gasteiger partial charge in [-0.15, -0.1) is 0 Å². The number of hydrogen-bond donors (Lipinski definition) is 1.